The molecule has 0 saturated heterocycles. The summed E-state index contributed by atoms with van der Waals surface area (Å²) in [5.41, 5.74) is 4.59. The second kappa shape index (κ2) is 11.2. The zero-order valence-electron chi connectivity index (χ0n) is 21.0. The van der Waals surface area contributed by atoms with Gasteiger partial charge in [0, 0.05) is 38.7 Å². The van der Waals surface area contributed by atoms with Gasteiger partial charge in [-0.15, -0.1) is 0 Å². The number of aliphatic carboxylic acids is 1. The molecule has 3 heterocycles. The lowest BCUT2D eigenvalue weighted by Crippen LogP contribution is -2.09. The van der Waals surface area contributed by atoms with E-state index in [1.165, 1.54) is 11.3 Å². The van der Waals surface area contributed by atoms with Gasteiger partial charge in [-0.25, -0.2) is 15.0 Å². The normalized spacial score (nSPS) is 10.9. The molecule has 0 aliphatic carbocycles. The van der Waals surface area contributed by atoms with Gasteiger partial charge in [-0.05, 0) is 41.8 Å². The highest BCUT2D eigenvalue weighted by molar-refractivity contribution is 7.21. The second-order valence-electron chi connectivity index (χ2n) is 8.98. The molecule has 2 aromatic carbocycles. The first-order valence-electron chi connectivity index (χ1n) is 12.1. The van der Waals surface area contributed by atoms with Crippen LogP contribution in [0.25, 0.3) is 10.3 Å². The van der Waals surface area contributed by atoms with E-state index in [4.69, 9.17) is 15.1 Å². The van der Waals surface area contributed by atoms with E-state index < -0.39 is 5.97 Å². The Balaban J connectivity index is 1.41. The highest BCUT2D eigenvalue weighted by Crippen LogP contribution is 2.29. The van der Waals surface area contributed by atoms with Crippen LogP contribution in [0.15, 0.2) is 72.8 Å². The molecule has 38 heavy (non-hydrogen) atoms. The molecular weight excluding hydrogens is 498 g/mol. The Kier molecular flexibility index (Phi) is 7.41. The van der Waals surface area contributed by atoms with E-state index in [1.807, 2.05) is 79.7 Å². The third-order valence-corrected chi connectivity index (χ3v) is 6.66. The summed E-state index contributed by atoms with van der Waals surface area (Å²) in [6, 6.07) is 23.6. The summed E-state index contributed by atoms with van der Waals surface area (Å²) in [6.07, 6.45) is 1.23. The average Bonchev–Trinajstić information content (AvgIpc) is 3.30. The van der Waals surface area contributed by atoms with E-state index in [0.29, 0.717) is 29.7 Å². The van der Waals surface area contributed by atoms with Crippen LogP contribution in [0.3, 0.4) is 0 Å². The van der Waals surface area contributed by atoms with Crippen LogP contribution in [0.1, 0.15) is 23.2 Å². The molecule has 192 valence electrons. The Bertz CT molecular complexity index is 1550. The van der Waals surface area contributed by atoms with Crippen LogP contribution in [0.4, 0.5) is 28.4 Å². The molecule has 0 aliphatic heterocycles. The van der Waals surface area contributed by atoms with Gasteiger partial charge in [-0.1, -0.05) is 53.8 Å². The zero-order valence-corrected chi connectivity index (χ0v) is 21.9. The van der Waals surface area contributed by atoms with Gasteiger partial charge in [0.1, 0.15) is 22.0 Å². The van der Waals surface area contributed by atoms with E-state index >= 15 is 0 Å². The number of rotatable bonds is 10. The molecule has 10 heteroatoms. The fourth-order valence-corrected chi connectivity index (χ4v) is 4.71. The monoisotopic (exact) mass is 525 g/mol. The van der Waals surface area contributed by atoms with Crippen LogP contribution < -0.4 is 15.5 Å². The Hall–Kier alpha value is -4.57. The van der Waals surface area contributed by atoms with Crippen molar-refractivity contribution in [3.8, 4) is 0 Å². The first kappa shape index (κ1) is 25.1. The fourth-order valence-electron chi connectivity index (χ4n) is 3.87. The van der Waals surface area contributed by atoms with Crippen LogP contribution in [0.2, 0.25) is 0 Å². The molecule has 9 nitrogen and oxygen atoms in total. The van der Waals surface area contributed by atoms with Crippen LogP contribution in [0.5, 0.6) is 0 Å². The molecular formula is C28H27N7O2S. The Morgan fingerprint density at radius 3 is 2.42 bits per heavy atom. The van der Waals surface area contributed by atoms with Crippen LogP contribution in [-0.2, 0) is 17.6 Å². The van der Waals surface area contributed by atoms with Gasteiger partial charge < -0.3 is 20.6 Å². The maximum absolute atomic E-state index is 10.9. The van der Waals surface area contributed by atoms with Crippen molar-refractivity contribution < 1.29 is 9.90 Å². The van der Waals surface area contributed by atoms with E-state index in [-0.39, 0.29) is 6.42 Å². The summed E-state index contributed by atoms with van der Waals surface area (Å²) in [5, 5.41) is 16.2. The first-order chi connectivity index (χ1) is 18.4. The molecule has 0 bridgehead atoms. The van der Waals surface area contributed by atoms with Gasteiger partial charge >= 0.3 is 5.97 Å². The van der Waals surface area contributed by atoms with Crippen molar-refractivity contribution in [3.63, 3.8) is 0 Å². The molecule has 0 fully saturated rings. The Morgan fingerprint density at radius 2 is 1.68 bits per heavy atom. The number of carboxylic acid groups (broad SMARTS) is 1. The highest BCUT2D eigenvalue weighted by atomic mass is 32.1. The number of hydrogen-bond donors (Lipinski definition) is 3. The molecule has 0 spiro atoms. The second-order valence-corrected chi connectivity index (χ2v) is 9.96. The minimum atomic E-state index is -0.807. The van der Waals surface area contributed by atoms with Gasteiger partial charge in [0.05, 0.1) is 5.69 Å². The number of thiazole rings is 1. The van der Waals surface area contributed by atoms with Crippen molar-refractivity contribution in [3.05, 3.63) is 89.6 Å². The molecule has 0 amide bonds. The number of nitrogens with one attached hydrogen (secondary N) is 2. The summed E-state index contributed by atoms with van der Waals surface area (Å²) in [7, 11) is 3.92. The number of hydrogen-bond acceptors (Lipinski definition) is 9. The van der Waals surface area contributed by atoms with Crippen molar-refractivity contribution in [1.82, 2.24) is 19.9 Å². The standard InChI is InChI=1S/C28H27N7O2S/c1-35(2)24-14-13-22-26(34-24)38-28(31-22)33-23-17-21(16-19-6-4-3-5-7-19)30-27(32-23)29-20-11-8-18(9-12-20)10-15-25(36)37/h3-9,11-14,17H,10,15-16H2,1-2H3,(H,36,37)(H2,29,30,31,32,33). The molecule has 3 N–H and O–H groups in total. The predicted molar refractivity (Wildman–Crippen MR) is 152 cm³/mol. The van der Waals surface area contributed by atoms with Crippen LogP contribution in [-0.4, -0.2) is 45.1 Å². The highest BCUT2D eigenvalue weighted by Gasteiger charge is 2.11. The lowest BCUT2D eigenvalue weighted by Gasteiger charge is -2.11. The predicted octanol–water partition coefficient (Wildman–Crippen LogP) is 5.64. The number of nitrogens with zero attached hydrogens (tertiary/aromatic N) is 5. The maximum atomic E-state index is 10.9. The molecule has 3 aromatic heterocycles. The topological polar surface area (TPSA) is 116 Å². The lowest BCUT2D eigenvalue weighted by atomic mass is 10.1. The number of aromatic nitrogens is 4. The third kappa shape index (κ3) is 6.40. The smallest absolute Gasteiger partial charge is 0.303 e. The first-order valence-corrected chi connectivity index (χ1v) is 12.9. The largest absolute Gasteiger partial charge is 0.481 e. The SMILES string of the molecule is CN(C)c1ccc2nc(Nc3cc(Cc4ccccc4)nc(Nc4ccc(CCC(=O)O)cc4)n3)sc2n1. The number of carboxylic acids is 1. The molecule has 0 atom stereocenters. The number of aryl methyl sites for hydroxylation is 1. The van der Waals surface area contributed by atoms with Gasteiger partial charge in [0.25, 0.3) is 0 Å². The molecule has 0 unspecified atom stereocenters. The van der Waals surface area contributed by atoms with Crippen molar-refractivity contribution in [2.75, 3.05) is 29.6 Å². The molecule has 5 rings (SSSR count). The molecule has 0 radical (unpaired) electrons. The van der Waals surface area contributed by atoms with Crippen LogP contribution in [0, 0.1) is 0 Å². The van der Waals surface area contributed by atoms with E-state index in [9.17, 15) is 4.79 Å². The van der Waals surface area contributed by atoms with E-state index in [0.717, 1.165) is 38.7 Å². The van der Waals surface area contributed by atoms with E-state index in [2.05, 4.69) is 32.7 Å². The average molecular weight is 526 g/mol. The number of fused-ring (bicyclic) bond motifs is 1. The summed E-state index contributed by atoms with van der Waals surface area (Å²) in [4.78, 5) is 32.5. The van der Waals surface area contributed by atoms with Crippen molar-refractivity contribution in [2.45, 2.75) is 19.3 Å². The molecule has 0 saturated carbocycles. The van der Waals surface area contributed by atoms with E-state index in [1.54, 1.807) is 0 Å². The minimum absolute atomic E-state index is 0.101. The minimum Gasteiger partial charge on any atom is -0.481 e. The fraction of sp³-hybridized carbons (Fsp3) is 0.179. The van der Waals surface area contributed by atoms with Crippen LogP contribution >= 0.6 is 11.3 Å². The summed E-state index contributed by atoms with van der Waals surface area (Å²) in [6.45, 7) is 0. The third-order valence-electron chi connectivity index (χ3n) is 5.78. The Morgan fingerprint density at radius 1 is 0.895 bits per heavy atom. The zero-order chi connectivity index (χ0) is 26.5. The van der Waals surface area contributed by atoms with Crippen molar-refractivity contribution in [2.24, 2.45) is 0 Å². The number of pyridine rings is 1. The van der Waals surface area contributed by atoms with Gasteiger partial charge in [0.15, 0.2) is 5.13 Å². The summed E-state index contributed by atoms with van der Waals surface area (Å²) >= 11 is 1.47. The summed E-state index contributed by atoms with van der Waals surface area (Å²) in [5.74, 6) is 1.14. The van der Waals surface area contributed by atoms with Crippen molar-refractivity contribution >= 4 is 56.1 Å². The Labute approximate surface area is 224 Å². The van der Waals surface area contributed by atoms with Crippen molar-refractivity contribution in [1.29, 1.82) is 0 Å². The summed E-state index contributed by atoms with van der Waals surface area (Å²) < 4.78 is 0. The number of carbonyl (C=O) groups is 1. The van der Waals surface area contributed by atoms with Gasteiger partial charge in [-0.3, -0.25) is 4.79 Å². The molecule has 5 aromatic rings. The number of benzene rings is 2. The number of anilines is 5. The van der Waals surface area contributed by atoms with Gasteiger partial charge in [0.2, 0.25) is 5.95 Å². The maximum Gasteiger partial charge on any atom is 0.303 e. The van der Waals surface area contributed by atoms with Gasteiger partial charge in [-0.2, -0.15) is 4.98 Å². The molecule has 0 aliphatic rings. The lowest BCUT2D eigenvalue weighted by molar-refractivity contribution is -0.136. The quantitative estimate of drug-likeness (QED) is 0.213.